The molecule has 0 bridgehead atoms. The molecule has 16 heteroatoms. The number of ether oxygens (including phenoxy) is 1. The van der Waals surface area contributed by atoms with Crippen LogP contribution in [-0.4, -0.2) is 114 Å². The van der Waals surface area contributed by atoms with Gasteiger partial charge in [-0.3, -0.25) is 4.79 Å². The number of hydrogen-bond donors (Lipinski definition) is 4. The summed E-state index contributed by atoms with van der Waals surface area (Å²) >= 11 is 3.12. The zero-order chi connectivity index (χ0) is 40.1. The first-order chi connectivity index (χ1) is 27.6. The van der Waals surface area contributed by atoms with E-state index in [4.69, 9.17) is 21.2 Å². The number of rotatable bonds is 12. The zero-order valence-electron chi connectivity index (χ0n) is 32.7. The number of carbonyl (C=O) groups is 1. The lowest BCUT2D eigenvalue weighted by atomic mass is 10.1. The summed E-state index contributed by atoms with van der Waals surface area (Å²) < 4.78 is 6.18. The van der Waals surface area contributed by atoms with Crippen molar-refractivity contribution in [3.05, 3.63) is 102 Å². The van der Waals surface area contributed by atoms with Crippen LogP contribution in [0.4, 0.5) is 23.3 Å². The van der Waals surface area contributed by atoms with Crippen LogP contribution in [0.15, 0.2) is 105 Å². The first-order valence-corrected chi connectivity index (χ1v) is 20.5. The SMILES string of the molecule is CN1CCN(c2ncc(Sc3cccc(NC(=O)CN)c3)c(OCc3ccc(CO)cc3)n2)CC1.Cc1nc(N2CCN(C)CC2)ncc1Sc1cccc(N)c1. The Bertz CT molecular complexity index is 2080. The van der Waals surface area contributed by atoms with Gasteiger partial charge >= 0.3 is 0 Å². The van der Waals surface area contributed by atoms with Crippen molar-refractivity contribution in [1.29, 1.82) is 0 Å². The number of nitrogens with two attached hydrogens (primary N) is 2. The summed E-state index contributed by atoms with van der Waals surface area (Å²) in [6.07, 6.45) is 3.71. The number of aromatic nitrogens is 4. The first-order valence-electron chi connectivity index (χ1n) is 18.9. The van der Waals surface area contributed by atoms with Gasteiger partial charge in [-0.15, -0.1) is 0 Å². The summed E-state index contributed by atoms with van der Waals surface area (Å²) in [6, 6.07) is 23.0. The molecule has 6 N–H and O–H groups in total. The largest absolute Gasteiger partial charge is 0.472 e. The molecule has 300 valence electrons. The highest BCUT2D eigenvalue weighted by Crippen LogP contribution is 2.36. The Morgan fingerprint density at radius 1 is 0.772 bits per heavy atom. The van der Waals surface area contributed by atoms with Crippen molar-refractivity contribution in [2.24, 2.45) is 5.73 Å². The molecule has 5 aromatic rings. The van der Waals surface area contributed by atoms with Gasteiger partial charge in [0.15, 0.2) is 0 Å². The molecule has 2 fully saturated rings. The number of benzene rings is 3. The molecule has 0 aliphatic carbocycles. The van der Waals surface area contributed by atoms with Gasteiger partial charge in [0.2, 0.25) is 23.7 Å². The van der Waals surface area contributed by atoms with Gasteiger partial charge in [0.1, 0.15) is 6.61 Å². The van der Waals surface area contributed by atoms with E-state index >= 15 is 0 Å². The quantitative estimate of drug-likeness (QED) is 0.129. The minimum absolute atomic E-state index is 0.00696. The molecule has 4 heterocycles. The number of carbonyl (C=O) groups excluding carboxylic acids is 1. The van der Waals surface area contributed by atoms with E-state index in [1.165, 1.54) is 11.8 Å². The van der Waals surface area contributed by atoms with Gasteiger partial charge in [-0.25, -0.2) is 15.0 Å². The normalized spacial score (nSPS) is 14.8. The molecular weight excluding hydrogens is 759 g/mol. The number of anilines is 4. The molecule has 0 radical (unpaired) electrons. The van der Waals surface area contributed by atoms with Crippen molar-refractivity contribution < 1.29 is 14.6 Å². The standard InChI is InChI=1S/C25H30N6O3S.C16H21N5S/c1-30-9-11-31(12-10-30)25-27-15-22(35-21-4-2-3-20(13-21)28-23(33)14-26)24(29-25)34-17-19-7-5-18(16-32)6-8-19;1-12-15(22-14-5-3-4-13(17)10-14)11-18-16(19-12)21-8-6-20(2)7-9-21/h2-8,13,15,32H,9-12,14,16-17,26H2,1H3,(H,28,33);3-5,10-11H,6-9,17H2,1-2H3. The Kier molecular flexibility index (Phi) is 14.9. The van der Waals surface area contributed by atoms with Gasteiger partial charge in [-0.05, 0) is 68.5 Å². The lowest BCUT2D eigenvalue weighted by Gasteiger charge is -2.32. The van der Waals surface area contributed by atoms with Crippen molar-refractivity contribution >= 4 is 52.7 Å². The average molecular weight is 810 g/mol. The number of aliphatic hydroxyl groups excluding tert-OH is 1. The third-order valence-corrected chi connectivity index (χ3v) is 11.5. The van der Waals surface area contributed by atoms with E-state index in [0.717, 1.165) is 100 Å². The summed E-state index contributed by atoms with van der Waals surface area (Å²) in [5.74, 6) is 1.74. The minimum Gasteiger partial charge on any atom is -0.472 e. The Morgan fingerprint density at radius 2 is 1.33 bits per heavy atom. The molecule has 0 saturated carbocycles. The highest BCUT2D eigenvalue weighted by atomic mass is 32.2. The number of nitrogens with zero attached hydrogens (tertiary/aromatic N) is 8. The van der Waals surface area contributed by atoms with Crippen LogP contribution in [-0.2, 0) is 18.0 Å². The van der Waals surface area contributed by atoms with Crippen molar-refractivity contribution in [2.45, 2.75) is 39.7 Å². The number of piperazine rings is 2. The second-order valence-corrected chi connectivity index (χ2v) is 16.1. The van der Waals surface area contributed by atoms with Crippen molar-refractivity contribution in [3.8, 4) is 5.88 Å². The lowest BCUT2D eigenvalue weighted by Crippen LogP contribution is -2.45. The summed E-state index contributed by atoms with van der Waals surface area (Å²) in [5, 5.41) is 12.1. The molecule has 0 spiro atoms. The van der Waals surface area contributed by atoms with Gasteiger partial charge in [-0.2, -0.15) is 4.98 Å². The molecular formula is C41H51N11O3S2. The van der Waals surface area contributed by atoms with Crippen LogP contribution in [0.1, 0.15) is 16.8 Å². The molecule has 14 nitrogen and oxygen atoms in total. The van der Waals surface area contributed by atoms with Crippen LogP contribution in [0.5, 0.6) is 5.88 Å². The number of likely N-dealkylation sites (N-methyl/N-ethyl adjacent to an activating group) is 2. The van der Waals surface area contributed by atoms with Crippen LogP contribution < -0.4 is 31.3 Å². The number of hydrogen-bond acceptors (Lipinski definition) is 15. The fraction of sp³-hybridized carbons (Fsp3) is 0.341. The molecule has 57 heavy (non-hydrogen) atoms. The zero-order valence-corrected chi connectivity index (χ0v) is 34.3. The summed E-state index contributed by atoms with van der Waals surface area (Å²) in [4.78, 5) is 43.2. The number of amides is 1. The fourth-order valence-electron chi connectivity index (χ4n) is 5.96. The topological polar surface area (TPSA) is 175 Å². The van der Waals surface area contributed by atoms with Crippen LogP contribution in [0, 0.1) is 6.92 Å². The second kappa shape index (κ2) is 20.5. The number of aryl methyl sites for hydroxylation is 1. The fourth-order valence-corrected chi connectivity index (χ4v) is 7.73. The predicted octanol–water partition coefficient (Wildman–Crippen LogP) is 4.62. The maximum Gasteiger partial charge on any atom is 0.238 e. The van der Waals surface area contributed by atoms with Crippen LogP contribution >= 0.6 is 23.5 Å². The number of nitrogens with one attached hydrogen (secondary N) is 1. The van der Waals surface area contributed by atoms with Gasteiger partial charge in [0.05, 0.1) is 34.8 Å². The summed E-state index contributed by atoms with van der Waals surface area (Å²) in [6.45, 7) is 10.0. The van der Waals surface area contributed by atoms with Crippen LogP contribution in [0.3, 0.4) is 0 Å². The number of nitrogen functional groups attached to an aromatic ring is 1. The van der Waals surface area contributed by atoms with E-state index in [0.29, 0.717) is 24.1 Å². The molecule has 2 saturated heterocycles. The Morgan fingerprint density at radius 3 is 1.93 bits per heavy atom. The Labute approximate surface area is 343 Å². The molecule has 0 atom stereocenters. The second-order valence-electron chi connectivity index (χ2n) is 13.9. The lowest BCUT2D eigenvalue weighted by molar-refractivity contribution is -0.114. The van der Waals surface area contributed by atoms with Gasteiger partial charge in [-0.1, -0.05) is 59.9 Å². The number of aliphatic hydroxyl groups is 1. The maximum atomic E-state index is 11.7. The molecule has 7 rings (SSSR count). The molecule has 1 amide bonds. The third-order valence-electron chi connectivity index (χ3n) is 9.40. The average Bonchev–Trinajstić information content (AvgIpc) is 3.22. The molecule has 2 aromatic heterocycles. The molecule has 2 aliphatic heterocycles. The highest BCUT2D eigenvalue weighted by molar-refractivity contribution is 7.99. The van der Waals surface area contributed by atoms with Gasteiger partial charge in [0.25, 0.3) is 0 Å². The maximum absolute atomic E-state index is 11.7. The van der Waals surface area contributed by atoms with Gasteiger partial charge < -0.3 is 46.2 Å². The van der Waals surface area contributed by atoms with Gasteiger partial charge in [0, 0.05) is 79.7 Å². The third kappa shape index (κ3) is 12.3. The van der Waals surface area contributed by atoms with E-state index in [2.05, 4.69) is 60.0 Å². The van der Waals surface area contributed by atoms with Crippen molar-refractivity contribution in [1.82, 2.24) is 29.7 Å². The Hall–Kier alpha value is -4.97. The highest BCUT2D eigenvalue weighted by Gasteiger charge is 2.20. The first kappa shape index (κ1) is 41.7. The Balaban J connectivity index is 0.000000214. The summed E-state index contributed by atoms with van der Waals surface area (Å²) in [7, 11) is 4.26. The van der Waals surface area contributed by atoms with Crippen molar-refractivity contribution in [3.63, 3.8) is 0 Å². The van der Waals surface area contributed by atoms with E-state index in [1.807, 2.05) is 79.9 Å². The van der Waals surface area contributed by atoms with E-state index < -0.39 is 0 Å². The van der Waals surface area contributed by atoms with E-state index in [-0.39, 0.29) is 19.1 Å². The smallest absolute Gasteiger partial charge is 0.238 e. The minimum atomic E-state index is -0.247. The molecule has 3 aromatic carbocycles. The van der Waals surface area contributed by atoms with E-state index in [9.17, 15) is 9.90 Å². The molecule has 0 unspecified atom stereocenters. The summed E-state index contributed by atoms with van der Waals surface area (Å²) in [5.41, 5.74) is 15.5. The predicted molar refractivity (Wildman–Crippen MR) is 228 cm³/mol. The molecule has 2 aliphatic rings. The van der Waals surface area contributed by atoms with Crippen LogP contribution in [0.25, 0.3) is 0 Å². The van der Waals surface area contributed by atoms with Crippen LogP contribution in [0.2, 0.25) is 0 Å². The van der Waals surface area contributed by atoms with Crippen molar-refractivity contribution in [2.75, 3.05) is 93.8 Å². The monoisotopic (exact) mass is 809 g/mol. The van der Waals surface area contributed by atoms with E-state index in [1.54, 1.807) is 18.0 Å².